The number of carbonyl (C=O) groups is 1. The molecule has 0 saturated heterocycles. The molecule has 0 heterocycles. The molecule has 2 aromatic rings. The minimum atomic E-state index is -0.315. The molecule has 0 aliphatic carbocycles. The van der Waals surface area contributed by atoms with Crippen molar-refractivity contribution >= 4 is 17.8 Å². The van der Waals surface area contributed by atoms with Gasteiger partial charge in [-0.05, 0) is 42.5 Å². The topological polar surface area (TPSA) is 92.2 Å². The van der Waals surface area contributed by atoms with E-state index in [4.69, 9.17) is 9.47 Å². The number of benzene rings is 2. The lowest BCUT2D eigenvalue weighted by Gasteiger charge is -2.06. The van der Waals surface area contributed by atoms with Crippen molar-refractivity contribution in [2.45, 2.75) is 0 Å². The van der Waals surface area contributed by atoms with Crippen LogP contribution in [-0.4, -0.2) is 38.0 Å². The second-order valence-electron chi connectivity index (χ2n) is 4.80. The monoisotopic (exact) mass is 329 g/mol. The quantitative estimate of drug-likeness (QED) is 0.533. The molecular formula is C17H19N3O4. The molecule has 3 N–H and O–H groups in total. The first-order valence-corrected chi connectivity index (χ1v) is 7.19. The molecule has 0 radical (unpaired) electrons. The van der Waals surface area contributed by atoms with Crippen LogP contribution in [0.1, 0.15) is 5.56 Å². The number of hydrogen-bond donors (Lipinski definition) is 3. The van der Waals surface area contributed by atoms with E-state index in [1.54, 1.807) is 31.4 Å². The first-order valence-electron chi connectivity index (χ1n) is 7.19. The zero-order valence-electron chi connectivity index (χ0n) is 13.4. The number of hydrazone groups is 1. The fourth-order valence-electron chi connectivity index (χ4n) is 1.87. The van der Waals surface area contributed by atoms with E-state index in [2.05, 4.69) is 15.8 Å². The van der Waals surface area contributed by atoms with Gasteiger partial charge in [-0.15, -0.1) is 0 Å². The van der Waals surface area contributed by atoms with Crippen molar-refractivity contribution in [3.05, 3.63) is 48.0 Å². The van der Waals surface area contributed by atoms with Gasteiger partial charge >= 0.3 is 0 Å². The van der Waals surface area contributed by atoms with E-state index in [1.165, 1.54) is 19.4 Å². The van der Waals surface area contributed by atoms with Gasteiger partial charge in [0.1, 0.15) is 17.2 Å². The van der Waals surface area contributed by atoms with Crippen LogP contribution < -0.4 is 20.2 Å². The van der Waals surface area contributed by atoms with Gasteiger partial charge in [-0.25, -0.2) is 5.43 Å². The number of methoxy groups -OCH3 is 2. The number of ether oxygens (including phenoxy) is 2. The van der Waals surface area contributed by atoms with Crippen LogP contribution in [0.5, 0.6) is 17.2 Å². The molecule has 24 heavy (non-hydrogen) atoms. The summed E-state index contributed by atoms with van der Waals surface area (Å²) in [6.07, 6.45) is 1.35. The normalized spacial score (nSPS) is 10.4. The van der Waals surface area contributed by atoms with Crippen LogP contribution in [0.25, 0.3) is 0 Å². The summed E-state index contributed by atoms with van der Waals surface area (Å²) in [4.78, 5) is 11.7. The van der Waals surface area contributed by atoms with Gasteiger partial charge in [-0.1, -0.05) is 0 Å². The number of aromatic hydroxyl groups is 1. The maximum absolute atomic E-state index is 11.7. The van der Waals surface area contributed by atoms with Crippen LogP contribution in [0, 0.1) is 0 Å². The molecule has 0 bridgehead atoms. The highest BCUT2D eigenvalue weighted by Gasteiger charge is 2.02. The van der Waals surface area contributed by atoms with Crippen molar-refractivity contribution in [1.29, 1.82) is 0 Å². The van der Waals surface area contributed by atoms with Crippen LogP contribution in [-0.2, 0) is 4.79 Å². The maximum atomic E-state index is 11.7. The van der Waals surface area contributed by atoms with Crippen LogP contribution >= 0.6 is 0 Å². The van der Waals surface area contributed by atoms with Crippen LogP contribution in [0.2, 0.25) is 0 Å². The lowest BCUT2D eigenvalue weighted by Crippen LogP contribution is -2.25. The third kappa shape index (κ3) is 4.91. The highest BCUT2D eigenvalue weighted by molar-refractivity contribution is 5.86. The minimum absolute atomic E-state index is 0.0464. The molecule has 2 rings (SSSR count). The second kappa shape index (κ2) is 8.42. The molecule has 1 amide bonds. The highest BCUT2D eigenvalue weighted by atomic mass is 16.5. The van der Waals surface area contributed by atoms with Gasteiger partial charge in [0.2, 0.25) is 0 Å². The first kappa shape index (κ1) is 17.1. The lowest BCUT2D eigenvalue weighted by atomic mass is 10.2. The van der Waals surface area contributed by atoms with Gasteiger partial charge in [-0.3, -0.25) is 4.79 Å². The van der Waals surface area contributed by atoms with E-state index >= 15 is 0 Å². The smallest absolute Gasteiger partial charge is 0.259 e. The molecule has 2 aromatic carbocycles. The van der Waals surface area contributed by atoms with Gasteiger partial charge in [-0.2, -0.15) is 5.10 Å². The molecule has 7 heteroatoms. The van der Waals surface area contributed by atoms with Crippen LogP contribution in [0.3, 0.4) is 0 Å². The fourth-order valence-corrected chi connectivity index (χ4v) is 1.87. The summed E-state index contributed by atoms with van der Waals surface area (Å²) in [6.45, 7) is 0.0633. The summed E-state index contributed by atoms with van der Waals surface area (Å²) in [5.74, 6) is 1.06. The van der Waals surface area contributed by atoms with Crippen molar-refractivity contribution in [2.75, 3.05) is 26.1 Å². The second-order valence-corrected chi connectivity index (χ2v) is 4.80. The Labute approximate surface area is 139 Å². The Balaban J connectivity index is 1.84. The Hall–Kier alpha value is -3.22. The highest BCUT2D eigenvalue weighted by Crippen LogP contribution is 2.20. The Morgan fingerprint density at radius 1 is 1.12 bits per heavy atom. The molecule has 0 spiro atoms. The number of nitrogens with one attached hydrogen (secondary N) is 2. The van der Waals surface area contributed by atoms with Crippen molar-refractivity contribution in [2.24, 2.45) is 5.10 Å². The molecule has 0 aliphatic rings. The lowest BCUT2D eigenvalue weighted by molar-refractivity contribution is -0.119. The Morgan fingerprint density at radius 3 is 2.46 bits per heavy atom. The summed E-state index contributed by atoms with van der Waals surface area (Å²) in [5, 5.41) is 16.5. The third-order valence-corrected chi connectivity index (χ3v) is 3.17. The summed E-state index contributed by atoms with van der Waals surface area (Å²) >= 11 is 0. The molecule has 7 nitrogen and oxygen atoms in total. The maximum Gasteiger partial charge on any atom is 0.259 e. The summed E-state index contributed by atoms with van der Waals surface area (Å²) in [5.41, 5.74) is 3.61. The minimum Gasteiger partial charge on any atom is -0.507 e. The average molecular weight is 329 g/mol. The average Bonchev–Trinajstić information content (AvgIpc) is 2.62. The van der Waals surface area contributed by atoms with E-state index in [0.717, 1.165) is 11.4 Å². The first-order chi connectivity index (χ1) is 11.6. The number of phenols is 1. The molecular weight excluding hydrogens is 310 g/mol. The predicted molar refractivity (Wildman–Crippen MR) is 91.9 cm³/mol. The number of rotatable bonds is 7. The van der Waals surface area contributed by atoms with E-state index in [-0.39, 0.29) is 18.2 Å². The number of phenolic OH excluding ortho intramolecular Hbond substituents is 1. The zero-order chi connectivity index (χ0) is 17.4. The van der Waals surface area contributed by atoms with E-state index in [0.29, 0.717) is 11.3 Å². The number of anilines is 1. The van der Waals surface area contributed by atoms with Crippen LogP contribution in [0.4, 0.5) is 5.69 Å². The van der Waals surface area contributed by atoms with E-state index < -0.39 is 0 Å². The Bertz CT molecular complexity index is 714. The SMILES string of the molecule is COc1ccc(NCC(=O)NN=Cc2cc(OC)ccc2O)cc1. The van der Waals surface area contributed by atoms with Crippen LogP contribution in [0.15, 0.2) is 47.6 Å². The molecule has 126 valence electrons. The number of carbonyl (C=O) groups excluding carboxylic acids is 1. The molecule has 0 aliphatic heterocycles. The van der Waals surface area contributed by atoms with Crippen molar-refractivity contribution in [3.63, 3.8) is 0 Å². The third-order valence-electron chi connectivity index (χ3n) is 3.17. The Morgan fingerprint density at radius 2 is 1.79 bits per heavy atom. The number of nitrogens with zero attached hydrogens (tertiary/aromatic N) is 1. The molecule has 0 atom stereocenters. The fraction of sp³-hybridized carbons (Fsp3) is 0.176. The van der Waals surface area contributed by atoms with Gasteiger partial charge in [0, 0.05) is 11.3 Å². The molecule has 0 aromatic heterocycles. The van der Waals surface area contributed by atoms with Gasteiger partial charge in [0.05, 0.1) is 27.0 Å². The molecule has 0 saturated carbocycles. The van der Waals surface area contributed by atoms with E-state index in [9.17, 15) is 9.90 Å². The Kier molecular flexibility index (Phi) is 6.01. The summed E-state index contributed by atoms with van der Waals surface area (Å²) in [6, 6.07) is 11.9. The van der Waals surface area contributed by atoms with Crippen molar-refractivity contribution in [3.8, 4) is 17.2 Å². The number of hydrogen-bond acceptors (Lipinski definition) is 6. The summed E-state index contributed by atoms with van der Waals surface area (Å²) < 4.78 is 10.1. The van der Waals surface area contributed by atoms with Crippen molar-refractivity contribution in [1.82, 2.24) is 5.43 Å². The summed E-state index contributed by atoms with van der Waals surface area (Å²) in [7, 11) is 3.12. The largest absolute Gasteiger partial charge is 0.507 e. The standard InChI is InChI=1S/C17H19N3O4/c1-23-14-5-3-13(4-6-14)18-11-17(22)20-19-10-12-9-15(24-2)7-8-16(12)21/h3-10,18,21H,11H2,1-2H3,(H,20,22). The van der Waals surface area contributed by atoms with Gasteiger partial charge < -0.3 is 19.9 Å². The molecule has 0 fully saturated rings. The van der Waals surface area contributed by atoms with Gasteiger partial charge in [0.25, 0.3) is 5.91 Å². The predicted octanol–water partition coefficient (Wildman–Crippen LogP) is 1.97. The molecule has 0 unspecified atom stereocenters. The number of amides is 1. The van der Waals surface area contributed by atoms with Crippen molar-refractivity contribution < 1.29 is 19.4 Å². The van der Waals surface area contributed by atoms with E-state index in [1.807, 2.05) is 12.1 Å². The van der Waals surface area contributed by atoms with Gasteiger partial charge in [0.15, 0.2) is 0 Å². The zero-order valence-corrected chi connectivity index (χ0v) is 13.4.